The number of nitrogens with zero attached hydrogens (tertiary/aromatic N) is 2. The maximum Gasteiger partial charge on any atom is 0.286 e. The summed E-state index contributed by atoms with van der Waals surface area (Å²) in [6, 6.07) is 20.9. The number of carbonyl (C=O) groups is 2. The van der Waals surface area contributed by atoms with Crippen LogP contribution in [-0.4, -0.2) is 41.6 Å². The molecule has 1 fully saturated rings. The van der Waals surface area contributed by atoms with E-state index in [1.54, 1.807) is 6.20 Å². The standard InChI is InChI=1S/C24H23N3O4S/c1-27(22-16-20(11-12-25-22)31-19-5-3-2-4-6-19)13-14-30-18-9-7-17(8-10-18)15-21-23(28)26-24(29)32-21/h2-12,16,21H,13-15H2,1H3,(H,26,28,29). The summed E-state index contributed by atoms with van der Waals surface area (Å²) >= 11 is 1.04. The summed E-state index contributed by atoms with van der Waals surface area (Å²) in [7, 11) is 1.95. The molecule has 8 heteroatoms. The molecule has 1 N–H and O–H groups in total. The van der Waals surface area contributed by atoms with Crippen LogP contribution in [0.4, 0.5) is 10.6 Å². The number of hydrogen-bond acceptors (Lipinski definition) is 7. The topological polar surface area (TPSA) is 80.8 Å². The minimum atomic E-state index is -0.364. The molecule has 0 bridgehead atoms. The lowest BCUT2D eigenvalue weighted by molar-refractivity contribution is -0.118. The lowest BCUT2D eigenvalue weighted by Crippen LogP contribution is -2.25. The van der Waals surface area contributed by atoms with Gasteiger partial charge in [0.25, 0.3) is 5.24 Å². The number of thioether (sulfide) groups is 1. The highest BCUT2D eigenvalue weighted by molar-refractivity contribution is 8.15. The fourth-order valence-corrected chi connectivity index (χ4v) is 4.03. The second-order valence-electron chi connectivity index (χ2n) is 7.27. The Balaban J connectivity index is 1.26. The first-order valence-corrected chi connectivity index (χ1v) is 11.1. The van der Waals surface area contributed by atoms with Crippen molar-refractivity contribution in [3.8, 4) is 17.2 Å². The van der Waals surface area contributed by atoms with E-state index in [4.69, 9.17) is 9.47 Å². The van der Waals surface area contributed by atoms with Gasteiger partial charge in [0.15, 0.2) is 0 Å². The summed E-state index contributed by atoms with van der Waals surface area (Å²) in [5, 5.41) is 1.66. The van der Waals surface area contributed by atoms with Gasteiger partial charge in [0.1, 0.15) is 29.7 Å². The summed E-state index contributed by atoms with van der Waals surface area (Å²) in [6.07, 6.45) is 2.23. The van der Waals surface area contributed by atoms with Crippen molar-refractivity contribution in [3.05, 3.63) is 78.5 Å². The zero-order valence-electron chi connectivity index (χ0n) is 17.6. The van der Waals surface area contributed by atoms with Crippen molar-refractivity contribution in [1.82, 2.24) is 10.3 Å². The number of ether oxygens (including phenoxy) is 2. The fourth-order valence-electron chi connectivity index (χ4n) is 3.18. The van der Waals surface area contributed by atoms with E-state index >= 15 is 0 Å². The van der Waals surface area contributed by atoms with Gasteiger partial charge >= 0.3 is 0 Å². The van der Waals surface area contributed by atoms with Gasteiger partial charge in [0, 0.05) is 19.3 Å². The number of benzene rings is 2. The third-order valence-electron chi connectivity index (χ3n) is 4.89. The van der Waals surface area contributed by atoms with Crippen LogP contribution in [0.15, 0.2) is 72.9 Å². The number of anilines is 1. The number of hydrogen-bond donors (Lipinski definition) is 1. The van der Waals surface area contributed by atoms with Gasteiger partial charge in [-0.15, -0.1) is 0 Å². The first-order chi connectivity index (χ1) is 15.6. The molecule has 1 aliphatic heterocycles. The van der Waals surface area contributed by atoms with E-state index in [1.807, 2.05) is 78.7 Å². The van der Waals surface area contributed by atoms with E-state index in [0.717, 1.165) is 40.4 Å². The lowest BCUT2D eigenvalue weighted by atomic mass is 10.1. The molecule has 7 nitrogen and oxygen atoms in total. The second kappa shape index (κ2) is 10.2. The second-order valence-corrected chi connectivity index (χ2v) is 8.44. The Labute approximate surface area is 190 Å². The van der Waals surface area contributed by atoms with Crippen LogP contribution in [0, 0.1) is 0 Å². The van der Waals surface area contributed by atoms with E-state index < -0.39 is 0 Å². The fraction of sp³-hybridized carbons (Fsp3) is 0.208. The number of aromatic nitrogens is 1. The summed E-state index contributed by atoms with van der Waals surface area (Å²) in [4.78, 5) is 29.4. The first-order valence-electron chi connectivity index (χ1n) is 10.2. The van der Waals surface area contributed by atoms with E-state index in [0.29, 0.717) is 19.6 Å². The van der Waals surface area contributed by atoms with Crippen LogP contribution in [0.2, 0.25) is 0 Å². The smallest absolute Gasteiger partial charge is 0.286 e. The number of imide groups is 1. The summed E-state index contributed by atoms with van der Waals surface area (Å²) in [5.41, 5.74) is 0.983. The molecule has 2 aromatic carbocycles. The van der Waals surface area contributed by atoms with Crippen LogP contribution in [0.1, 0.15) is 5.56 Å². The Morgan fingerprint density at radius 2 is 1.78 bits per heavy atom. The molecule has 0 saturated carbocycles. The Hall–Kier alpha value is -3.52. The molecular weight excluding hydrogens is 426 g/mol. The summed E-state index contributed by atoms with van der Waals surface area (Å²) < 4.78 is 11.7. The van der Waals surface area contributed by atoms with Crippen LogP contribution in [0.3, 0.4) is 0 Å². The lowest BCUT2D eigenvalue weighted by Gasteiger charge is -2.19. The van der Waals surface area contributed by atoms with Crippen LogP contribution in [0.5, 0.6) is 17.2 Å². The Morgan fingerprint density at radius 3 is 2.50 bits per heavy atom. The van der Waals surface area contributed by atoms with E-state index in [9.17, 15) is 9.59 Å². The quantitative estimate of drug-likeness (QED) is 0.522. The van der Waals surface area contributed by atoms with Gasteiger partial charge in [-0.3, -0.25) is 14.9 Å². The van der Waals surface area contributed by atoms with Crippen molar-refractivity contribution in [2.45, 2.75) is 11.7 Å². The molecule has 4 rings (SSSR count). The van der Waals surface area contributed by atoms with Gasteiger partial charge in [0.2, 0.25) is 5.91 Å². The van der Waals surface area contributed by atoms with Crippen LogP contribution < -0.4 is 19.7 Å². The number of para-hydroxylation sites is 1. The van der Waals surface area contributed by atoms with Gasteiger partial charge < -0.3 is 14.4 Å². The normalized spacial score (nSPS) is 15.3. The van der Waals surface area contributed by atoms with E-state index in [1.165, 1.54) is 0 Å². The van der Waals surface area contributed by atoms with Crippen molar-refractivity contribution in [2.75, 3.05) is 25.1 Å². The van der Waals surface area contributed by atoms with Gasteiger partial charge in [-0.1, -0.05) is 42.1 Å². The van der Waals surface area contributed by atoms with Crippen LogP contribution in [0.25, 0.3) is 0 Å². The highest BCUT2D eigenvalue weighted by atomic mass is 32.2. The highest BCUT2D eigenvalue weighted by Gasteiger charge is 2.31. The molecule has 1 aromatic heterocycles. The molecule has 2 amide bonds. The van der Waals surface area contributed by atoms with Crippen molar-refractivity contribution in [3.63, 3.8) is 0 Å². The van der Waals surface area contributed by atoms with Gasteiger partial charge in [0.05, 0.1) is 11.8 Å². The molecule has 32 heavy (non-hydrogen) atoms. The van der Waals surface area contributed by atoms with Gasteiger partial charge in [-0.2, -0.15) is 0 Å². The number of rotatable bonds is 9. The number of carbonyl (C=O) groups excluding carboxylic acids is 2. The number of amides is 2. The number of nitrogens with one attached hydrogen (secondary N) is 1. The molecule has 1 aliphatic rings. The Bertz CT molecular complexity index is 1080. The third kappa shape index (κ3) is 5.79. The molecule has 3 aromatic rings. The number of likely N-dealkylation sites (N-methyl/N-ethyl adjacent to an activating group) is 1. The zero-order valence-corrected chi connectivity index (χ0v) is 18.4. The summed E-state index contributed by atoms with van der Waals surface area (Å²) in [5.74, 6) is 2.81. The SMILES string of the molecule is CN(CCOc1ccc(CC2SC(=O)NC2=O)cc1)c1cc(Oc2ccccc2)ccn1. The molecule has 1 saturated heterocycles. The molecule has 0 spiro atoms. The minimum Gasteiger partial charge on any atom is -0.492 e. The average Bonchev–Trinajstić information content (AvgIpc) is 3.12. The summed E-state index contributed by atoms with van der Waals surface area (Å²) in [6.45, 7) is 1.13. The molecule has 0 aliphatic carbocycles. The van der Waals surface area contributed by atoms with Crippen molar-refractivity contribution >= 4 is 28.7 Å². The average molecular weight is 450 g/mol. The van der Waals surface area contributed by atoms with Gasteiger partial charge in [-0.05, 0) is 42.3 Å². The molecule has 1 atom stereocenters. The predicted molar refractivity (Wildman–Crippen MR) is 125 cm³/mol. The molecule has 164 valence electrons. The predicted octanol–water partition coefficient (Wildman–Crippen LogP) is 4.28. The van der Waals surface area contributed by atoms with Crippen LogP contribution in [-0.2, 0) is 11.2 Å². The van der Waals surface area contributed by atoms with E-state index in [-0.39, 0.29) is 16.4 Å². The largest absolute Gasteiger partial charge is 0.492 e. The zero-order chi connectivity index (χ0) is 22.3. The van der Waals surface area contributed by atoms with Crippen molar-refractivity contribution < 1.29 is 19.1 Å². The maximum atomic E-state index is 11.7. The molecular formula is C24H23N3O4S. The third-order valence-corrected chi connectivity index (χ3v) is 5.88. The molecule has 1 unspecified atom stereocenters. The van der Waals surface area contributed by atoms with Gasteiger partial charge in [-0.25, -0.2) is 4.98 Å². The molecule has 0 radical (unpaired) electrons. The van der Waals surface area contributed by atoms with E-state index in [2.05, 4.69) is 10.3 Å². The number of pyridine rings is 1. The molecule has 2 heterocycles. The van der Waals surface area contributed by atoms with Crippen LogP contribution >= 0.6 is 11.8 Å². The monoisotopic (exact) mass is 449 g/mol. The highest BCUT2D eigenvalue weighted by Crippen LogP contribution is 2.25. The minimum absolute atomic E-state index is 0.227. The Morgan fingerprint density at radius 1 is 1.00 bits per heavy atom. The maximum absolute atomic E-state index is 11.7. The van der Waals surface area contributed by atoms with Crippen molar-refractivity contribution in [1.29, 1.82) is 0 Å². The first kappa shape index (κ1) is 21.7. The Kier molecular flexibility index (Phi) is 6.91. The van der Waals surface area contributed by atoms with Crippen molar-refractivity contribution in [2.24, 2.45) is 0 Å².